The fourth-order valence-electron chi connectivity index (χ4n) is 1.31. The number of nitriles is 1. The van der Waals surface area contributed by atoms with Gasteiger partial charge in [0, 0.05) is 18.2 Å². The molecule has 1 N–H and O–H groups in total. The molecule has 5 nitrogen and oxygen atoms in total. The Kier molecular flexibility index (Phi) is 3.77. The summed E-state index contributed by atoms with van der Waals surface area (Å²) in [7, 11) is 0. The number of nitrogens with one attached hydrogen (secondary N) is 1. The van der Waals surface area contributed by atoms with Crippen molar-refractivity contribution in [3.63, 3.8) is 0 Å². The van der Waals surface area contributed by atoms with Gasteiger partial charge in [0.1, 0.15) is 0 Å². The summed E-state index contributed by atoms with van der Waals surface area (Å²) in [5, 5.41) is 21.8. The van der Waals surface area contributed by atoms with Crippen LogP contribution in [0.3, 0.4) is 0 Å². The minimum Gasteiger partial charge on any atom is -0.300 e. The summed E-state index contributed by atoms with van der Waals surface area (Å²) in [6.45, 7) is 2.42. The average molecular weight is 205 g/mol. The van der Waals surface area contributed by atoms with Gasteiger partial charge in [0.2, 0.25) is 0 Å². The van der Waals surface area contributed by atoms with Crippen molar-refractivity contribution < 1.29 is 4.92 Å². The molecule has 0 aliphatic carbocycles. The summed E-state index contributed by atoms with van der Waals surface area (Å²) in [5.41, 5.74) is 1.61. The van der Waals surface area contributed by atoms with E-state index in [0.29, 0.717) is 12.1 Å². The first kappa shape index (κ1) is 11.1. The first-order chi connectivity index (χ1) is 7.16. The summed E-state index contributed by atoms with van der Waals surface area (Å²) in [6.07, 6.45) is 0. The SMILES string of the molecule is Cc1c(CNCC#N)cccc1[N+](=O)[O-]. The molecule has 1 aromatic carbocycles. The van der Waals surface area contributed by atoms with Crippen molar-refractivity contribution in [1.29, 1.82) is 5.26 Å². The van der Waals surface area contributed by atoms with Gasteiger partial charge in [0.25, 0.3) is 5.69 Å². The van der Waals surface area contributed by atoms with Crippen LogP contribution in [0.1, 0.15) is 11.1 Å². The van der Waals surface area contributed by atoms with E-state index >= 15 is 0 Å². The molecule has 0 unspecified atom stereocenters. The molecule has 0 aromatic heterocycles. The van der Waals surface area contributed by atoms with Crippen molar-refractivity contribution in [2.24, 2.45) is 0 Å². The predicted octanol–water partition coefficient (Wildman–Crippen LogP) is 1.52. The van der Waals surface area contributed by atoms with Crippen LogP contribution in [-0.4, -0.2) is 11.5 Å². The Hall–Kier alpha value is -1.93. The molecule has 0 radical (unpaired) electrons. The quantitative estimate of drug-likeness (QED) is 0.350. The Labute approximate surface area is 87.5 Å². The molecule has 0 amide bonds. The topological polar surface area (TPSA) is 79.0 Å². The summed E-state index contributed by atoms with van der Waals surface area (Å²) >= 11 is 0. The Bertz CT molecular complexity index is 410. The van der Waals surface area contributed by atoms with Gasteiger partial charge in [-0.2, -0.15) is 5.26 Å². The molecule has 5 heteroatoms. The fourth-order valence-corrected chi connectivity index (χ4v) is 1.31. The molecule has 15 heavy (non-hydrogen) atoms. The number of nitrogens with zero attached hydrogens (tertiary/aromatic N) is 2. The van der Waals surface area contributed by atoms with E-state index in [2.05, 4.69) is 5.32 Å². The number of hydrogen-bond donors (Lipinski definition) is 1. The third-order valence-electron chi connectivity index (χ3n) is 2.13. The van der Waals surface area contributed by atoms with E-state index in [1.165, 1.54) is 6.07 Å². The molecule has 0 atom stereocenters. The van der Waals surface area contributed by atoms with Crippen LogP contribution in [0.4, 0.5) is 5.69 Å². The minimum atomic E-state index is -0.400. The number of nitro benzene ring substituents is 1. The molecule has 0 bridgehead atoms. The van der Waals surface area contributed by atoms with Gasteiger partial charge in [-0.1, -0.05) is 12.1 Å². The third-order valence-corrected chi connectivity index (χ3v) is 2.13. The predicted molar refractivity (Wildman–Crippen MR) is 55.2 cm³/mol. The number of benzene rings is 1. The summed E-state index contributed by atoms with van der Waals surface area (Å²) in [4.78, 5) is 10.2. The Balaban J connectivity index is 2.86. The van der Waals surface area contributed by atoms with Crippen LogP contribution in [0.5, 0.6) is 0 Å². The van der Waals surface area contributed by atoms with E-state index in [1.54, 1.807) is 13.0 Å². The minimum absolute atomic E-state index is 0.117. The van der Waals surface area contributed by atoms with Crippen LogP contribution in [-0.2, 0) is 6.54 Å². The van der Waals surface area contributed by atoms with Gasteiger partial charge in [0.15, 0.2) is 0 Å². The van der Waals surface area contributed by atoms with E-state index < -0.39 is 4.92 Å². The fraction of sp³-hybridized carbons (Fsp3) is 0.300. The summed E-state index contributed by atoms with van der Waals surface area (Å²) < 4.78 is 0. The molecule has 0 fully saturated rings. The maximum atomic E-state index is 10.6. The first-order valence-electron chi connectivity index (χ1n) is 4.47. The van der Waals surface area contributed by atoms with Crippen LogP contribution >= 0.6 is 0 Å². The lowest BCUT2D eigenvalue weighted by atomic mass is 10.1. The van der Waals surface area contributed by atoms with Crippen LogP contribution in [0, 0.1) is 28.4 Å². The maximum absolute atomic E-state index is 10.6. The molecule has 0 spiro atoms. The lowest BCUT2D eigenvalue weighted by Crippen LogP contribution is -2.14. The molecule has 0 aliphatic rings. The molecule has 78 valence electrons. The highest BCUT2D eigenvalue weighted by atomic mass is 16.6. The molecule has 0 saturated heterocycles. The van der Waals surface area contributed by atoms with Gasteiger partial charge in [-0.15, -0.1) is 0 Å². The molecular formula is C10H11N3O2. The highest BCUT2D eigenvalue weighted by Gasteiger charge is 2.12. The van der Waals surface area contributed by atoms with E-state index in [-0.39, 0.29) is 12.2 Å². The second-order valence-corrected chi connectivity index (χ2v) is 3.08. The highest BCUT2D eigenvalue weighted by molar-refractivity contribution is 5.44. The second kappa shape index (κ2) is 5.08. The average Bonchev–Trinajstić information content (AvgIpc) is 2.20. The number of rotatable bonds is 4. The third kappa shape index (κ3) is 2.76. The molecule has 0 aliphatic heterocycles. The monoisotopic (exact) mass is 205 g/mol. The smallest absolute Gasteiger partial charge is 0.272 e. The molecular weight excluding hydrogens is 194 g/mol. The molecule has 0 saturated carbocycles. The van der Waals surface area contributed by atoms with Crippen LogP contribution in [0.15, 0.2) is 18.2 Å². The largest absolute Gasteiger partial charge is 0.300 e. The molecule has 1 aromatic rings. The standard InChI is InChI=1S/C10H11N3O2/c1-8-9(7-12-6-5-11)3-2-4-10(8)13(14)15/h2-4,12H,6-7H2,1H3. The van der Waals surface area contributed by atoms with Gasteiger partial charge in [-0.3, -0.25) is 10.1 Å². The number of hydrogen-bond acceptors (Lipinski definition) is 4. The van der Waals surface area contributed by atoms with Crippen molar-refractivity contribution in [2.45, 2.75) is 13.5 Å². The zero-order chi connectivity index (χ0) is 11.3. The van der Waals surface area contributed by atoms with Crippen molar-refractivity contribution >= 4 is 5.69 Å². The lowest BCUT2D eigenvalue weighted by molar-refractivity contribution is -0.385. The Morgan fingerprint density at radius 3 is 2.93 bits per heavy atom. The van der Waals surface area contributed by atoms with Crippen molar-refractivity contribution in [1.82, 2.24) is 5.32 Å². The van der Waals surface area contributed by atoms with Crippen LogP contribution in [0.25, 0.3) is 0 Å². The van der Waals surface area contributed by atoms with Gasteiger partial charge in [0.05, 0.1) is 17.5 Å². The van der Waals surface area contributed by atoms with E-state index in [1.807, 2.05) is 12.1 Å². The van der Waals surface area contributed by atoms with Crippen molar-refractivity contribution in [3.8, 4) is 6.07 Å². The molecule has 0 heterocycles. The summed E-state index contributed by atoms with van der Waals surface area (Å²) in [6, 6.07) is 6.88. The van der Waals surface area contributed by atoms with Gasteiger partial charge in [-0.05, 0) is 12.5 Å². The Morgan fingerprint density at radius 2 is 2.33 bits per heavy atom. The first-order valence-corrected chi connectivity index (χ1v) is 4.47. The maximum Gasteiger partial charge on any atom is 0.272 e. The normalized spacial score (nSPS) is 9.60. The van der Waals surface area contributed by atoms with Crippen LogP contribution in [0.2, 0.25) is 0 Å². The zero-order valence-corrected chi connectivity index (χ0v) is 8.36. The van der Waals surface area contributed by atoms with Crippen LogP contribution < -0.4 is 5.32 Å². The zero-order valence-electron chi connectivity index (χ0n) is 8.36. The van der Waals surface area contributed by atoms with Gasteiger partial charge >= 0.3 is 0 Å². The highest BCUT2D eigenvalue weighted by Crippen LogP contribution is 2.20. The van der Waals surface area contributed by atoms with E-state index in [9.17, 15) is 10.1 Å². The molecule has 1 rings (SSSR count). The Morgan fingerprint density at radius 1 is 1.60 bits per heavy atom. The van der Waals surface area contributed by atoms with E-state index in [4.69, 9.17) is 5.26 Å². The number of nitro groups is 1. The van der Waals surface area contributed by atoms with Crippen molar-refractivity contribution in [2.75, 3.05) is 6.54 Å². The summed E-state index contributed by atoms with van der Waals surface area (Å²) in [5.74, 6) is 0. The van der Waals surface area contributed by atoms with E-state index in [0.717, 1.165) is 5.56 Å². The second-order valence-electron chi connectivity index (χ2n) is 3.08. The lowest BCUT2D eigenvalue weighted by Gasteiger charge is -2.05. The van der Waals surface area contributed by atoms with Gasteiger partial charge in [-0.25, -0.2) is 0 Å². The van der Waals surface area contributed by atoms with Gasteiger partial charge < -0.3 is 5.32 Å². The van der Waals surface area contributed by atoms with Crippen molar-refractivity contribution in [3.05, 3.63) is 39.4 Å².